The van der Waals surface area contributed by atoms with Crippen LogP contribution in [0.5, 0.6) is 0 Å². The number of carbonyl (C=O) groups excluding carboxylic acids is 2. The van der Waals surface area contributed by atoms with E-state index in [1.807, 2.05) is 12.1 Å². The summed E-state index contributed by atoms with van der Waals surface area (Å²) in [5.41, 5.74) is 1.52. The lowest BCUT2D eigenvalue weighted by Gasteiger charge is -2.72. The van der Waals surface area contributed by atoms with Crippen LogP contribution in [0.1, 0.15) is 145 Å². The zero-order valence-corrected chi connectivity index (χ0v) is 35.1. The molecule has 5 saturated carbocycles. The first-order chi connectivity index (χ1) is 25.1. The van der Waals surface area contributed by atoms with Gasteiger partial charge in [-0.1, -0.05) is 77.8 Å². The third-order valence-electron chi connectivity index (χ3n) is 17.3. The first-order valence-electron chi connectivity index (χ1n) is 21.0. The Balaban J connectivity index is 1.15. The molecule has 7 rings (SSSR count). The third-order valence-corrected chi connectivity index (χ3v) is 17.5. The van der Waals surface area contributed by atoms with Gasteiger partial charge in [-0.3, -0.25) is 14.4 Å². The fourth-order valence-electron chi connectivity index (χ4n) is 13.9. The number of rotatable bonds is 10. The molecule has 1 aromatic carbocycles. The minimum Gasteiger partial charge on any atom is -0.481 e. The molecule has 0 aromatic heterocycles. The highest BCUT2D eigenvalue weighted by atomic mass is 35.5. The highest BCUT2D eigenvalue weighted by Gasteiger charge is 2.71. The number of benzene rings is 1. The molecule has 298 valence electrons. The second-order valence-electron chi connectivity index (χ2n) is 21.0. The van der Waals surface area contributed by atoms with Crippen molar-refractivity contribution in [3.05, 3.63) is 46.0 Å². The van der Waals surface area contributed by atoms with E-state index < -0.39 is 28.9 Å². The van der Waals surface area contributed by atoms with E-state index in [0.717, 1.165) is 74.8 Å². The second kappa shape index (κ2) is 13.2. The number of ether oxygens (including phenoxy) is 1. The Kier molecular flexibility index (Phi) is 9.75. The van der Waals surface area contributed by atoms with E-state index in [2.05, 4.69) is 65.9 Å². The number of aliphatic hydroxyl groups is 1. The summed E-state index contributed by atoms with van der Waals surface area (Å²) in [5, 5.41) is 26.5. The lowest BCUT2D eigenvalue weighted by atomic mass is 9.33. The Morgan fingerprint density at radius 1 is 0.907 bits per heavy atom. The third kappa shape index (κ3) is 5.89. The molecule has 1 unspecified atom stereocenters. The summed E-state index contributed by atoms with van der Waals surface area (Å²) in [6.07, 6.45) is 9.26. The average Bonchev–Trinajstić information content (AvgIpc) is 3.80. The average molecular weight is 764 g/mol. The zero-order chi connectivity index (χ0) is 39.4. The van der Waals surface area contributed by atoms with Crippen molar-refractivity contribution >= 4 is 29.3 Å². The van der Waals surface area contributed by atoms with E-state index in [0.29, 0.717) is 24.8 Å². The number of Topliss-reactive ketones (excluding diaryl/α,β-unsaturated/α-hetero) is 1. The molecule has 1 aromatic rings. The summed E-state index contributed by atoms with van der Waals surface area (Å²) in [4.78, 5) is 39.0. The molecule has 0 radical (unpaired) electrons. The lowest BCUT2D eigenvalue weighted by molar-refractivity contribution is -0.235. The Morgan fingerprint density at radius 2 is 1.57 bits per heavy atom. The van der Waals surface area contributed by atoms with Crippen molar-refractivity contribution in [3.8, 4) is 0 Å². The van der Waals surface area contributed by atoms with E-state index in [1.54, 1.807) is 13.8 Å². The maximum Gasteiger partial charge on any atom is 0.309 e. The summed E-state index contributed by atoms with van der Waals surface area (Å²) in [7, 11) is 0. The number of carboxylic acids is 1. The van der Waals surface area contributed by atoms with Gasteiger partial charge in [0.2, 0.25) is 0 Å². The van der Waals surface area contributed by atoms with Crippen molar-refractivity contribution < 1.29 is 29.3 Å². The van der Waals surface area contributed by atoms with Crippen molar-refractivity contribution in [1.29, 1.82) is 0 Å². The van der Waals surface area contributed by atoms with Crippen LogP contribution in [-0.4, -0.2) is 46.7 Å². The molecular formula is C46H66ClNO6. The summed E-state index contributed by atoms with van der Waals surface area (Å²) in [6, 6.07) is 8.08. The molecule has 0 aliphatic heterocycles. The standard InChI is InChI=1S/C46H66ClNO6/c1-27(2)37-31(49)24-45(34(50)26-48-46(22-23-46)28-10-12-29(47)13-11-28)21-20-43(8)30(38(37)45)14-15-33-42(7)18-17-35(54-36(51)25-40(3,4)39(52)53)41(5,6)32(42)16-19-44(33,43)9/h10-13,27,30,32-35,48,50H,14-26H2,1-9H3,(H,52,53)/t30-,32+,33-,34+,35+,42+,43-,44?,45+/m1/s1. The van der Waals surface area contributed by atoms with Crippen LogP contribution < -0.4 is 5.32 Å². The second-order valence-corrected chi connectivity index (χ2v) is 21.5. The van der Waals surface area contributed by atoms with Gasteiger partial charge in [0.25, 0.3) is 0 Å². The summed E-state index contributed by atoms with van der Waals surface area (Å²) in [6.45, 7) is 20.1. The van der Waals surface area contributed by atoms with Crippen LogP contribution in [-0.2, 0) is 24.7 Å². The number of allylic oxidation sites excluding steroid dienone is 1. The van der Waals surface area contributed by atoms with Crippen molar-refractivity contribution in [3.63, 3.8) is 0 Å². The van der Waals surface area contributed by atoms with Gasteiger partial charge in [-0.25, -0.2) is 0 Å². The zero-order valence-electron chi connectivity index (χ0n) is 34.4. The van der Waals surface area contributed by atoms with Gasteiger partial charge >= 0.3 is 11.9 Å². The van der Waals surface area contributed by atoms with Crippen molar-refractivity contribution in [2.45, 2.75) is 157 Å². The molecule has 6 aliphatic rings. The number of hydrogen-bond donors (Lipinski definition) is 3. The van der Waals surface area contributed by atoms with Crippen LogP contribution in [0.3, 0.4) is 0 Å². The fourth-order valence-corrected chi connectivity index (χ4v) is 14.0. The molecular weight excluding hydrogens is 698 g/mol. The molecule has 9 atom stereocenters. The number of carbonyl (C=O) groups is 3. The molecule has 0 saturated heterocycles. The molecule has 0 spiro atoms. The van der Waals surface area contributed by atoms with Crippen LogP contribution in [0, 0.1) is 56.2 Å². The van der Waals surface area contributed by atoms with E-state index in [1.165, 1.54) is 11.1 Å². The number of aliphatic hydroxyl groups excluding tert-OH is 1. The lowest BCUT2D eigenvalue weighted by Crippen LogP contribution is -2.66. The number of ketones is 1. The Labute approximate surface area is 328 Å². The molecule has 54 heavy (non-hydrogen) atoms. The number of halogens is 1. The monoisotopic (exact) mass is 763 g/mol. The Morgan fingerprint density at radius 3 is 2.19 bits per heavy atom. The van der Waals surface area contributed by atoms with E-state index >= 15 is 0 Å². The highest BCUT2D eigenvalue weighted by Crippen LogP contribution is 2.77. The molecule has 7 nitrogen and oxygen atoms in total. The molecule has 6 aliphatic carbocycles. The quantitative estimate of drug-likeness (QED) is 0.204. The van der Waals surface area contributed by atoms with Crippen molar-refractivity contribution in [1.82, 2.24) is 5.32 Å². The van der Waals surface area contributed by atoms with E-state index in [-0.39, 0.29) is 57.3 Å². The number of hydrogen-bond acceptors (Lipinski definition) is 6. The number of aliphatic carboxylic acids is 1. The van der Waals surface area contributed by atoms with Gasteiger partial charge in [-0.2, -0.15) is 0 Å². The van der Waals surface area contributed by atoms with Crippen LogP contribution in [0.15, 0.2) is 35.4 Å². The first-order valence-corrected chi connectivity index (χ1v) is 21.4. The maximum atomic E-state index is 14.2. The van der Waals surface area contributed by atoms with Gasteiger partial charge in [-0.15, -0.1) is 0 Å². The predicted molar refractivity (Wildman–Crippen MR) is 212 cm³/mol. The Bertz CT molecular complexity index is 1730. The van der Waals surface area contributed by atoms with Crippen LogP contribution in [0.25, 0.3) is 0 Å². The first kappa shape index (κ1) is 40.0. The van der Waals surface area contributed by atoms with Crippen molar-refractivity contribution in [2.75, 3.05) is 6.54 Å². The van der Waals surface area contributed by atoms with Gasteiger partial charge in [0.05, 0.1) is 17.9 Å². The maximum absolute atomic E-state index is 14.2. The number of carboxylic acid groups (broad SMARTS) is 1. The summed E-state index contributed by atoms with van der Waals surface area (Å²) < 4.78 is 6.18. The molecule has 8 heteroatoms. The van der Waals surface area contributed by atoms with Gasteiger partial charge < -0.3 is 20.3 Å². The topological polar surface area (TPSA) is 113 Å². The normalized spacial score (nSPS) is 38.6. The minimum absolute atomic E-state index is 0.0163. The number of fused-ring (bicyclic) bond motifs is 7. The van der Waals surface area contributed by atoms with Crippen LogP contribution in [0.2, 0.25) is 5.02 Å². The Hall–Kier alpha value is -2.22. The number of esters is 1. The highest BCUT2D eigenvalue weighted by molar-refractivity contribution is 6.30. The van der Waals surface area contributed by atoms with Crippen LogP contribution >= 0.6 is 11.6 Å². The fraction of sp³-hybridized carbons (Fsp3) is 0.761. The van der Waals surface area contributed by atoms with Gasteiger partial charge in [0, 0.05) is 34.4 Å². The van der Waals surface area contributed by atoms with Gasteiger partial charge in [0.1, 0.15) is 6.10 Å². The smallest absolute Gasteiger partial charge is 0.309 e. The molecule has 0 bridgehead atoms. The van der Waals surface area contributed by atoms with Gasteiger partial charge in [-0.05, 0) is 141 Å². The minimum atomic E-state index is -1.17. The SMILES string of the molecule is CC(C)C1=C2[C@H]3CC[C@H]4C(C)(CC[C@H]5C(C)(C)[C@@H](OC(=O)CC(C)(C)C(=O)O)CC[C@@]54C)[C@]3(C)CC[C@@]2([C@@H](O)CNC2(c3ccc(Cl)cc3)CC2)CC1=O. The summed E-state index contributed by atoms with van der Waals surface area (Å²) in [5.74, 6) is 0.0483. The summed E-state index contributed by atoms with van der Waals surface area (Å²) >= 11 is 6.22. The predicted octanol–water partition coefficient (Wildman–Crippen LogP) is 9.67. The van der Waals surface area contributed by atoms with Crippen LogP contribution in [0.4, 0.5) is 0 Å². The molecule has 0 amide bonds. The molecule has 5 fully saturated rings. The molecule has 0 heterocycles. The van der Waals surface area contributed by atoms with E-state index in [4.69, 9.17) is 16.3 Å². The largest absolute Gasteiger partial charge is 0.481 e. The van der Waals surface area contributed by atoms with Gasteiger partial charge in [0.15, 0.2) is 5.78 Å². The molecule has 3 N–H and O–H groups in total. The van der Waals surface area contributed by atoms with Crippen molar-refractivity contribution in [2.24, 2.45) is 56.2 Å². The van der Waals surface area contributed by atoms with E-state index in [9.17, 15) is 24.6 Å². The number of nitrogens with one attached hydrogen (secondary N) is 1.